The SMILES string of the molecule is COc1ccc2c(c1)C(C)(C)CCCC2. The minimum atomic E-state index is 0.306. The molecule has 1 aromatic carbocycles. The second kappa shape index (κ2) is 3.88. The number of rotatable bonds is 1. The van der Waals surface area contributed by atoms with Crippen molar-refractivity contribution in [2.75, 3.05) is 7.11 Å². The fourth-order valence-corrected chi connectivity index (χ4v) is 2.55. The van der Waals surface area contributed by atoms with E-state index in [0.29, 0.717) is 5.41 Å². The molecule has 82 valence electrons. The van der Waals surface area contributed by atoms with E-state index in [1.165, 1.54) is 36.8 Å². The van der Waals surface area contributed by atoms with Crippen molar-refractivity contribution in [2.45, 2.75) is 44.9 Å². The van der Waals surface area contributed by atoms with E-state index in [1.807, 2.05) is 0 Å². The summed E-state index contributed by atoms with van der Waals surface area (Å²) in [7, 11) is 1.74. The molecule has 1 aliphatic carbocycles. The third kappa shape index (κ3) is 2.01. The van der Waals surface area contributed by atoms with Crippen molar-refractivity contribution in [3.63, 3.8) is 0 Å². The molecule has 0 amide bonds. The van der Waals surface area contributed by atoms with Gasteiger partial charge >= 0.3 is 0 Å². The lowest BCUT2D eigenvalue weighted by molar-refractivity contribution is 0.410. The predicted molar refractivity (Wildman–Crippen MR) is 63.6 cm³/mol. The first-order chi connectivity index (χ1) is 7.13. The van der Waals surface area contributed by atoms with Gasteiger partial charge in [0.05, 0.1) is 7.11 Å². The van der Waals surface area contributed by atoms with Crippen LogP contribution in [0.25, 0.3) is 0 Å². The number of aryl methyl sites for hydroxylation is 1. The maximum absolute atomic E-state index is 5.31. The summed E-state index contributed by atoms with van der Waals surface area (Å²) in [5.41, 5.74) is 3.30. The Kier molecular flexibility index (Phi) is 2.72. The Labute approximate surface area is 92.5 Å². The van der Waals surface area contributed by atoms with Gasteiger partial charge in [0.15, 0.2) is 0 Å². The third-order valence-electron chi connectivity index (χ3n) is 3.54. The van der Waals surface area contributed by atoms with E-state index in [1.54, 1.807) is 7.11 Å². The zero-order valence-electron chi connectivity index (χ0n) is 9.97. The van der Waals surface area contributed by atoms with Crippen molar-refractivity contribution in [2.24, 2.45) is 0 Å². The number of methoxy groups -OCH3 is 1. The summed E-state index contributed by atoms with van der Waals surface area (Å²) in [5.74, 6) is 0.990. The molecule has 0 aromatic heterocycles. The minimum Gasteiger partial charge on any atom is -0.497 e. The highest BCUT2D eigenvalue weighted by atomic mass is 16.5. The minimum absolute atomic E-state index is 0.306. The Morgan fingerprint density at radius 2 is 2.00 bits per heavy atom. The highest BCUT2D eigenvalue weighted by Crippen LogP contribution is 2.37. The molecule has 0 heterocycles. The number of ether oxygens (including phenoxy) is 1. The molecule has 0 spiro atoms. The topological polar surface area (TPSA) is 9.23 Å². The van der Waals surface area contributed by atoms with E-state index in [-0.39, 0.29) is 0 Å². The monoisotopic (exact) mass is 204 g/mol. The molecule has 2 rings (SSSR count). The summed E-state index contributed by atoms with van der Waals surface area (Å²) in [4.78, 5) is 0. The highest BCUT2D eigenvalue weighted by molar-refractivity contribution is 5.40. The molecule has 0 saturated heterocycles. The van der Waals surface area contributed by atoms with Crippen molar-refractivity contribution in [3.05, 3.63) is 29.3 Å². The molecule has 0 fully saturated rings. The number of hydrogen-bond acceptors (Lipinski definition) is 1. The summed E-state index contributed by atoms with van der Waals surface area (Å²) in [6.07, 6.45) is 5.17. The Balaban J connectivity index is 2.48. The fraction of sp³-hybridized carbons (Fsp3) is 0.571. The van der Waals surface area contributed by atoms with Gasteiger partial charge in [-0.2, -0.15) is 0 Å². The van der Waals surface area contributed by atoms with E-state index < -0.39 is 0 Å². The molecule has 0 aliphatic heterocycles. The molecule has 0 unspecified atom stereocenters. The molecule has 15 heavy (non-hydrogen) atoms. The normalized spacial score (nSPS) is 19.1. The molecular formula is C14H20O. The first kappa shape index (κ1) is 10.5. The van der Waals surface area contributed by atoms with Gasteiger partial charge in [-0.05, 0) is 47.9 Å². The lowest BCUT2D eigenvalue weighted by Gasteiger charge is -2.25. The molecule has 0 radical (unpaired) electrons. The van der Waals surface area contributed by atoms with Crippen LogP contribution in [0, 0.1) is 0 Å². The summed E-state index contributed by atoms with van der Waals surface area (Å²) < 4.78 is 5.31. The van der Waals surface area contributed by atoms with Gasteiger partial charge in [-0.1, -0.05) is 26.3 Å². The van der Waals surface area contributed by atoms with Gasteiger partial charge in [-0.15, -0.1) is 0 Å². The van der Waals surface area contributed by atoms with Crippen molar-refractivity contribution < 1.29 is 4.74 Å². The Hall–Kier alpha value is -0.980. The van der Waals surface area contributed by atoms with Crippen molar-refractivity contribution in [1.29, 1.82) is 0 Å². The summed E-state index contributed by atoms with van der Waals surface area (Å²) in [6.45, 7) is 4.69. The van der Waals surface area contributed by atoms with Crippen LogP contribution in [0.1, 0.15) is 44.2 Å². The lowest BCUT2D eigenvalue weighted by Crippen LogP contribution is -2.17. The van der Waals surface area contributed by atoms with Gasteiger partial charge in [0.2, 0.25) is 0 Å². The lowest BCUT2D eigenvalue weighted by atomic mass is 9.80. The first-order valence-electron chi connectivity index (χ1n) is 5.81. The van der Waals surface area contributed by atoms with Gasteiger partial charge in [0.25, 0.3) is 0 Å². The quantitative estimate of drug-likeness (QED) is 0.634. The Morgan fingerprint density at radius 3 is 2.73 bits per heavy atom. The van der Waals surface area contributed by atoms with Crippen LogP contribution in [0.4, 0.5) is 0 Å². The summed E-state index contributed by atoms with van der Waals surface area (Å²) in [6, 6.07) is 6.54. The Bertz CT molecular complexity index is 352. The number of benzene rings is 1. The van der Waals surface area contributed by atoms with Crippen LogP contribution < -0.4 is 4.74 Å². The molecule has 1 nitrogen and oxygen atoms in total. The largest absolute Gasteiger partial charge is 0.497 e. The van der Waals surface area contributed by atoms with Crippen LogP contribution in [0.2, 0.25) is 0 Å². The third-order valence-corrected chi connectivity index (χ3v) is 3.54. The van der Waals surface area contributed by atoms with Crippen LogP contribution in [0.15, 0.2) is 18.2 Å². The van der Waals surface area contributed by atoms with Gasteiger partial charge in [-0.3, -0.25) is 0 Å². The fourth-order valence-electron chi connectivity index (χ4n) is 2.55. The molecular weight excluding hydrogens is 184 g/mol. The molecule has 1 aromatic rings. The zero-order chi connectivity index (χ0) is 10.9. The molecule has 0 bridgehead atoms. The molecule has 0 saturated carbocycles. The van der Waals surface area contributed by atoms with E-state index >= 15 is 0 Å². The van der Waals surface area contributed by atoms with Gasteiger partial charge in [0.1, 0.15) is 5.75 Å². The van der Waals surface area contributed by atoms with Gasteiger partial charge in [0, 0.05) is 0 Å². The molecule has 0 N–H and O–H groups in total. The average Bonchev–Trinajstić information content (AvgIpc) is 2.37. The van der Waals surface area contributed by atoms with Gasteiger partial charge in [-0.25, -0.2) is 0 Å². The van der Waals surface area contributed by atoms with Crippen LogP contribution >= 0.6 is 0 Å². The second-order valence-corrected chi connectivity index (χ2v) is 5.11. The van der Waals surface area contributed by atoms with E-state index in [9.17, 15) is 0 Å². The van der Waals surface area contributed by atoms with Crippen LogP contribution in [-0.2, 0) is 11.8 Å². The van der Waals surface area contributed by atoms with Crippen LogP contribution in [0.3, 0.4) is 0 Å². The molecule has 0 atom stereocenters. The summed E-state index contributed by atoms with van der Waals surface area (Å²) in [5, 5.41) is 0. The summed E-state index contributed by atoms with van der Waals surface area (Å²) >= 11 is 0. The van der Waals surface area contributed by atoms with E-state index in [0.717, 1.165) is 5.75 Å². The Morgan fingerprint density at radius 1 is 1.20 bits per heavy atom. The van der Waals surface area contributed by atoms with E-state index in [2.05, 4.69) is 32.0 Å². The molecule has 1 aliphatic rings. The standard InChI is InChI=1S/C14H20O/c1-14(2)9-5-4-6-11-7-8-12(15-3)10-13(11)14/h7-8,10H,4-6,9H2,1-3H3. The first-order valence-corrected chi connectivity index (χ1v) is 5.81. The second-order valence-electron chi connectivity index (χ2n) is 5.11. The maximum Gasteiger partial charge on any atom is 0.119 e. The number of fused-ring (bicyclic) bond motifs is 1. The van der Waals surface area contributed by atoms with E-state index in [4.69, 9.17) is 4.74 Å². The van der Waals surface area contributed by atoms with Crippen LogP contribution in [0.5, 0.6) is 5.75 Å². The zero-order valence-corrected chi connectivity index (χ0v) is 9.97. The van der Waals surface area contributed by atoms with Gasteiger partial charge < -0.3 is 4.74 Å². The maximum atomic E-state index is 5.31. The van der Waals surface area contributed by atoms with Crippen molar-refractivity contribution in [3.8, 4) is 5.75 Å². The number of hydrogen-bond donors (Lipinski definition) is 0. The average molecular weight is 204 g/mol. The molecule has 1 heteroatoms. The van der Waals surface area contributed by atoms with Crippen molar-refractivity contribution >= 4 is 0 Å². The highest BCUT2D eigenvalue weighted by Gasteiger charge is 2.25. The predicted octanol–water partition coefficient (Wildman–Crippen LogP) is 3.70. The smallest absolute Gasteiger partial charge is 0.119 e. The van der Waals surface area contributed by atoms with Crippen molar-refractivity contribution in [1.82, 2.24) is 0 Å². The van der Waals surface area contributed by atoms with Crippen LogP contribution in [-0.4, -0.2) is 7.11 Å².